The van der Waals surface area contributed by atoms with Crippen LogP contribution >= 0.6 is 23.2 Å². The summed E-state index contributed by atoms with van der Waals surface area (Å²) in [6.07, 6.45) is -8.72. The highest BCUT2D eigenvalue weighted by atomic mass is 35.5. The van der Waals surface area contributed by atoms with Crippen molar-refractivity contribution >= 4 is 64.0 Å². The number of anilines is 2. The predicted octanol–water partition coefficient (Wildman–Crippen LogP) is 8.11. The number of imide groups is 2. The maximum absolute atomic E-state index is 15.3. The number of fused-ring (bicyclic) bond motifs is 4. The van der Waals surface area contributed by atoms with Gasteiger partial charge in [0.2, 0.25) is 11.8 Å². The number of ether oxygens (including phenoxy) is 1. The number of phenols is 1. The van der Waals surface area contributed by atoms with E-state index in [1.807, 2.05) is 0 Å². The second kappa shape index (κ2) is 14.2. The number of aromatic nitrogens is 1. The van der Waals surface area contributed by atoms with Crippen LogP contribution in [0.4, 0.5) is 43.5 Å². The molecule has 0 radical (unpaired) electrons. The summed E-state index contributed by atoms with van der Waals surface area (Å²) in [6, 6.07) is 13.3. The van der Waals surface area contributed by atoms with Gasteiger partial charge in [0.1, 0.15) is 11.5 Å². The number of hydrogen-bond donors (Lipinski definition) is 2. The summed E-state index contributed by atoms with van der Waals surface area (Å²) in [5.41, 5.74) is -1.68. The fraction of sp³-hybridized carbons (Fsp3) is 0.256. The number of benzene rings is 3. The number of carbonyl (C=O) groups is 4. The van der Waals surface area contributed by atoms with E-state index >= 15 is 4.79 Å². The van der Waals surface area contributed by atoms with E-state index < -0.39 is 110 Å². The number of alkyl halides is 6. The van der Waals surface area contributed by atoms with Crippen molar-refractivity contribution in [2.75, 3.05) is 10.3 Å². The standard InChI is InChI=1S/C39H25Cl2F6N5O8/c40-19-6-4-17(5-7-19)37-27(34(55)51(36(37)57)49-32-28(41)12-18(16-48-32)38(42,43)44)15-25-23(31(37)26-14-22(8-11-29(26)53)60-39(45,46)47)9-10-24-30(25)35(56)50(33(24)54)20-2-1-3-21(13-20)52(58)59/h1-9,11-14,16,24-25,27,30-31,53H,10,15H2,(H,48,49)/t24-,25+,27-,30-,31+,37+/m0/s1. The molecular formula is C39H25Cl2F6N5O8. The summed E-state index contributed by atoms with van der Waals surface area (Å²) < 4.78 is 85.6. The Labute approximate surface area is 343 Å². The number of nitro benzene ring substituents is 1. The Morgan fingerprint density at radius 3 is 2.28 bits per heavy atom. The number of pyridine rings is 1. The third kappa shape index (κ3) is 6.46. The molecule has 3 aromatic carbocycles. The number of hydrogen-bond acceptors (Lipinski definition) is 10. The molecule has 2 aliphatic heterocycles. The molecular weight excluding hydrogens is 851 g/mol. The first-order valence-corrected chi connectivity index (χ1v) is 18.5. The van der Waals surface area contributed by atoms with Gasteiger partial charge in [0.15, 0.2) is 5.82 Å². The van der Waals surface area contributed by atoms with E-state index in [0.717, 1.165) is 35.2 Å². The van der Waals surface area contributed by atoms with Gasteiger partial charge in [-0.2, -0.15) is 18.2 Å². The molecule has 2 saturated heterocycles. The first-order chi connectivity index (χ1) is 28.2. The van der Waals surface area contributed by atoms with Gasteiger partial charge in [-0.05, 0) is 66.8 Å². The Morgan fingerprint density at radius 1 is 0.917 bits per heavy atom. The fourth-order valence-corrected chi connectivity index (χ4v) is 9.42. The first-order valence-electron chi connectivity index (χ1n) is 17.8. The number of nitro groups is 1. The molecule has 0 spiro atoms. The highest BCUT2D eigenvalue weighted by molar-refractivity contribution is 6.33. The number of nitrogens with zero attached hydrogens (tertiary/aromatic N) is 4. The molecule has 3 fully saturated rings. The number of halogens is 8. The molecule has 4 aliphatic rings. The summed E-state index contributed by atoms with van der Waals surface area (Å²) in [5.74, 6) is -12.4. The summed E-state index contributed by atoms with van der Waals surface area (Å²) in [6.45, 7) is 0. The molecule has 13 nitrogen and oxygen atoms in total. The molecule has 4 amide bonds. The number of rotatable bonds is 7. The lowest BCUT2D eigenvalue weighted by Gasteiger charge is -2.50. The summed E-state index contributed by atoms with van der Waals surface area (Å²) in [5, 5.41) is 23.1. The molecule has 8 rings (SSSR count). The molecule has 0 bridgehead atoms. The van der Waals surface area contributed by atoms with Crippen molar-refractivity contribution in [1.29, 1.82) is 0 Å². The van der Waals surface area contributed by atoms with E-state index in [4.69, 9.17) is 23.2 Å². The Morgan fingerprint density at radius 2 is 1.63 bits per heavy atom. The van der Waals surface area contributed by atoms with Gasteiger partial charge in [-0.3, -0.25) is 34.7 Å². The topological polar surface area (TPSA) is 172 Å². The molecule has 3 heterocycles. The van der Waals surface area contributed by atoms with Gasteiger partial charge < -0.3 is 9.84 Å². The van der Waals surface area contributed by atoms with E-state index in [1.54, 1.807) is 0 Å². The number of amides is 4. The van der Waals surface area contributed by atoms with Crippen molar-refractivity contribution in [3.63, 3.8) is 0 Å². The summed E-state index contributed by atoms with van der Waals surface area (Å²) >= 11 is 12.4. The number of allylic oxidation sites excluding steroid dienone is 2. The zero-order valence-electron chi connectivity index (χ0n) is 30.0. The first kappa shape index (κ1) is 40.6. The van der Waals surface area contributed by atoms with Gasteiger partial charge in [-0.15, -0.1) is 13.2 Å². The monoisotopic (exact) mass is 875 g/mol. The third-order valence-electron chi connectivity index (χ3n) is 11.4. The largest absolute Gasteiger partial charge is 0.573 e. The van der Waals surface area contributed by atoms with E-state index in [9.17, 15) is 55.9 Å². The molecule has 0 unspecified atom stereocenters. The van der Waals surface area contributed by atoms with E-state index in [0.29, 0.717) is 17.3 Å². The summed E-state index contributed by atoms with van der Waals surface area (Å²) in [7, 11) is 0. The van der Waals surface area contributed by atoms with Crippen LogP contribution < -0.4 is 15.1 Å². The fourth-order valence-electron chi connectivity index (χ4n) is 9.09. The number of phenolic OH excluding ortho intramolecular Hbond substituents is 1. The van der Waals surface area contributed by atoms with Gasteiger partial charge in [0.05, 0.1) is 44.4 Å². The zero-order chi connectivity index (χ0) is 43.2. The normalized spacial score (nSPS) is 25.1. The van der Waals surface area contributed by atoms with Crippen molar-refractivity contribution in [3.05, 3.63) is 127 Å². The smallest absolute Gasteiger partial charge is 0.508 e. The molecule has 2 N–H and O–H groups in total. The Hall–Kier alpha value is -6.21. The highest BCUT2D eigenvalue weighted by Crippen LogP contribution is 2.65. The number of carbonyl (C=O) groups excluding carboxylic acids is 4. The quantitative estimate of drug-likeness (QED) is 0.0608. The minimum Gasteiger partial charge on any atom is -0.508 e. The lowest BCUT2D eigenvalue weighted by molar-refractivity contribution is -0.384. The predicted molar refractivity (Wildman–Crippen MR) is 197 cm³/mol. The van der Waals surface area contributed by atoms with Crippen molar-refractivity contribution < 1.29 is 60.3 Å². The van der Waals surface area contributed by atoms with E-state index in [1.165, 1.54) is 42.5 Å². The van der Waals surface area contributed by atoms with Crippen LogP contribution in [0, 0.1) is 33.8 Å². The molecule has 1 aromatic heterocycles. The van der Waals surface area contributed by atoms with Crippen molar-refractivity contribution in [2.24, 2.45) is 23.7 Å². The number of nitrogens with one attached hydrogen (secondary N) is 1. The maximum atomic E-state index is 15.3. The molecule has 310 valence electrons. The Kier molecular flexibility index (Phi) is 9.61. The van der Waals surface area contributed by atoms with Crippen LogP contribution in [0.2, 0.25) is 10.0 Å². The summed E-state index contributed by atoms with van der Waals surface area (Å²) in [4.78, 5) is 74.0. The van der Waals surface area contributed by atoms with Gasteiger partial charge in [0.25, 0.3) is 17.5 Å². The van der Waals surface area contributed by atoms with Crippen LogP contribution in [0.15, 0.2) is 90.6 Å². The minimum absolute atomic E-state index is 0.0612. The molecule has 2 aliphatic carbocycles. The lowest BCUT2D eigenvalue weighted by Crippen LogP contribution is -2.53. The maximum Gasteiger partial charge on any atom is 0.573 e. The van der Waals surface area contributed by atoms with Crippen LogP contribution in [0.1, 0.15) is 35.4 Å². The average molecular weight is 877 g/mol. The number of aromatic hydroxyl groups is 1. The van der Waals surface area contributed by atoms with Crippen LogP contribution in [0.5, 0.6) is 11.5 Å². The molecule has 1 saturated carbocycles. The highest BCUT2D eigenvalue weighted by Gasteiger charge is 2.71. The lowest BCUT2D eigenvalue weighted by atomic mass is 9.49. The van der Waals surface area contributed by atoms with Crippen LogP contribution in [0.3, 0.4) is 0 Å². The molecule has 21 heteroatoms. The second-order valence-corrected chi connectivity index (χ2v) is 15.3. The van der Waals surface area contributed by atoms with Gasteiger partial charge in [-0.1, -0.05) is 53.1 Å². The van der Waals surface area contributed by atoms with E-state index in [2.05, 4.69) is 15.1 Å². The van der Waals surface area contributed by atoms with Crippen LogP contribution in [-0.2, 0) is 30.8 Å². The van der Waals surface area contributed by atoms with Crippen LogP contribution in [-0.4, -0.2) is 50.0 Å². The average Bonchev–Trinajstić information content (AvgIpc) is 3.56. The van der Waals surface area contributed by atoms with Gasteiger partial charge >= 0.3 is 12.5 Å². The molecule has 60 heavy (non-hydrogen) atoms. The van der Waals surface area contributed by atoms with Crippen molar-refractivity contribution in [3.8, 4) is 11.5 Å². The van der Waals surface area contributed by atoms with Gasteiger partial charge in [0, 0.05) is 34.8 Å². The zero-order valence-corrected chi connectivity index (χ0v) is 31.5. The third-order valence-corrected chi connectivity index (χ3v) is 11.9. The van der Waals surface area contributed by atoms with E-state index in [-0.39, 0.29) is 40.3 Å². The second-order valence-electron chi connectivity index (χ2n) is 14.5. The molecule has 4 aromatic rings. The number of hydrazine groups is 1. The molecule has 6 atom stereocenters. The SMILES string of the molecule is O=C1[C@@H]2C[C@@H]3C(=CC[C@@H]4C(=O)N(c5cccc([N+](=O)[O-])c5)C(=O)[C@@H]43)[C@H](c3cc(OC(F)(F)F)ccc3O)[C@]2(c2ccc(Cl)cc2)C(=O)N1Nc1ncc(C(F)(F)F)cc1Cl. The Bertz CT molecular complexity index is 2560. The van der Waals surface area contributed by atoms with Crippen molar-refractivity contribution in [2.45, 2.75) is 36.7 Å². The Balaban J connectivity index is 1.33. The van der Waals surface area contributed by atoms with Crippen molar-refractivity contribution in [1.82, 2.24) is 9.99 Å². The van der Waals surface area contributed by atoms with Crippen LogP contribution in [0.25, 0.3) is 0 Å². The number of non-ortho nitro benzene ring substituents is 1. The van der Waals surface area contributed by atoms with Gasteiger partial charge in [-0.25, -0.2) is 9.88 Å². The minimum atomic E-state index is -5.22.